The normalized spacial score (nSPS) is 17.4. The molecule has 2 rings (SSSR count). The number of aliphatic hydroxyl groups excluding tert-OH is 1. The molecule has 1 heterocycles. The number of ether oxygens (including phenoxy) is 1. The van der Waals surface area contributed by atoms with E-state index < -0.39 is 6.10 Å². The molecule has 1 aromatic rings. The zero-order valence-corrected chi connectivity index (χ0v) is 13.6. The first-order chi connectivity index (χ1) is 9.15. The van der Waals surface area contributed by atoms with Gasteiger partial charge in [-0.1, -0.05) is 29.6 Å². The Morgan fingerprint density at radius 3 is 2.55 bits per heavy atom. The van der Waals surface area contributed by atoms with E-state index in [1.807, 2.05) is 0 Å². The summed E-state index contributed by atoms with van der Waals surface area (Å²) in [7, 11) is 0. The number of benzene rings is 1. The standard InChI is InChI=1S/C14H19Cl2NO2.ClH/c15-11-4-5-14(13(16)8-11)19-10-12(18)9-17-6-2-1-3-7-17;/h4-5,8,12,18H,1-3,6-7,9-10H2;1H. The number of nitrogens with zero attached hydrogens (tertiary/aromatic N) is 1. The molecule has 1 saturated heterocycles. The van der Waals surface area contributed by atoms with Crippen LogP contribution in [0.3, 0.4) is 0 Å². The highest BCUT2D eigenvalue weighted by Gasteiger charge is 2.15. The molecule has 1 atom stereocenters. The molecular weight excluding hydrogens is 321 g/mol. The van der Waals surface area contributed by atoms with E-state index in [4.69, 9.17) is 27.9 Å². The molecule has 1 fully saturated rings. The van der Waals surface area contributed by atoms with Crippen LogP contribution in [0.2, 0.25) is 10.0 Å². The summed E-state index contributed by atoms with van der Waals surface area (Å²) < 4.78 is 5.53. The van der Waals surface area contributed by atoms with Gasteiger partial charge >= 0.3 is 0 Å². The van der Waals surface area contributed by atoms with Crippen LogP contribution in [0, 0.1) is 0 Å². The highest BCUT2D eigenvalue weighted by molar-refractivity contribution is 6.35. The number of hydrogen-bond acceptors (Lipinski definition) is 3. The predicted octanol–water partition coefficient (Wildman–Crippen LogP) is 3.64. The van der Waals surface area contributed by atoms with E-state index in [-0.39, 0.29) is 19.0 Å². The zero-order valence-electron chi connectivity index (χ0n) is 11.2. The Bertz CT molecular complexity index is 411. The Labute approximate surface area is 136 Å². The summed E-state index contributed by atoms with van der Waals surface area (Å²) in [6.45, 7) is 3.04. The fraction of sp³-hybridized carbons (Fsp3) is 0.571. The minimum atomic E-state index is -0.496. The average Bonchev–Trinajstić information content (AvgIpc) is 2.39. The lowest BCUT2D eigenvalue weighted by atomic mass is 10.1. The van der Waals surface area contributed by atoms with Gasteiger partial charge in [-0.05, 0) is 44.1 Å². The highest BCUT2D eigenvalue weighted by Crippen LogP contribution is 2.27. The number of piperidine rings is 1. The van der Waals surface area contributed by atoms with Crippen molar-refractivity contribution in [1.29, 1.82) is 0 Å². The Hall–Kier alpha value is -0.190. The van der Waals surface area contributed by atoms with Crippen molar-refractivity contribution in [2.75, 3.05) is 26.2 Å². The van der Waals surface area contributed by atoms with Gasteiger partial charge in [0, 0.05) is 11.6 Å². The number of likely N-dealkylation sites (tertiary alicyclic amines) is 1. The summed E-state index contributed by atoms with van der Waals surface area (Å²) in [5.41, 5.74) is 0. The van der Waals surface area contributed by atoms with Crippen molar-refractivity contribution in [2.24, 2.45) is 0 Å². The van der Waals surface area contributed by atoms with Gasteiger partial charge in [-0.3, -0.25) is 0 Å². The minimum absolute atomic E-state index is 0. The van der Waals surface area contributed by atoms with E-state index in [1.165, 1.54) is 19.3 Å². The second-order valence-corrected chi connectivity index (χ2v) is 5.74. The fourth-order valence-corrected chi connectivity index (χ4v) is 2.73. The molecule has 0 bridgehead atoms. The first-order valence-corrected chi connectivity index (χ1v) is 7.39. The second-order valence-electron chi connectivity index (χ2n) is 4.90. The smallest absolute Gasteiger partial charge is 0.138 e. The van der Waals surface area contributed by atoms with Crippen molar-refractivity contribution in [2.45, 2.75) is 25.4 Å². The van der Waals surface area contributed by atoms with E-state index in [0.717, 1.165) is 13.1 Å². The molecule has 0 amide bonds. The molecule has 0 spiro atoms. The molecule has 6 heteroatoms. The van der Waals surface area contributed by atoms with E-state index in [2.05, 4.69) is 4.90 Å². The third-order valence-electron chi connectivity index (χ3n) is 3.24. The second kappa shape index (κ2) is 8.96. The number of rotatable bonds is 5. The van der Waals surface area contributed by atoms with Crippen LogP contribution in [0.1, 0.15) is 19.3 Å². The number of β-amino-alcohol motifs (C(OH)–C–C–N with tert-alkyl or cyclic N) is 1. The molecule has 1 aliphatic heterocycles. The van der Waals surface area contributed by atoms with Gasteiger partial charge in [0.1, 0.15) is 18.5 Å². The highest BCUT2D eigenvalue weighted by atomic mass is 35.5. The predicted molar refractivity (Wildman–Crippen MR) is 85.5 cm³/mol. The first-order valence-electron chi connectivity index (χ1n) is 6.63. The molecule has 0 aromatic heterocycles. The molecule has 1 aromatic carbocycles. The lowest BCUT2D eigenvalue weighted by molar-refractivity contribution is 0.0617. The maximum absolute atomic E-state index is 9.97. The number of aliphatic hydroxyl groups is 1. The van der Waals surface area contributed by atoms with Crippen molar-refractivity contribution < 1.29 is 9.84 Å². The maximum atomic E-state index is 9.97. The summed E-state index contributed by atoms with van der Waals surface area (Å²) in [4.78, 5) is 2.28. The van der Waals surface area contributed by atoms with Gasteiger partial charge in [0.2, 0.25) is 0 Å². The third kappa shape index (κ3) is 5.66. The van der Waals surface area contributed by atoms with Crippen LogP contribution < -0.4 is 4.74 Å². The summed E-state index contributed by atoms with van der Waals surface area (Å²) in [5.74, 6) is 0.559. The van der Waals surface area contributed by atoms with E-state index in [9.17, 15) is 5.11 Å². The van der Waals surface area contributed by atoms with Crippen LogP contribution in [-0.2, 0) is 0 Å². The third-order valence-corrected chi connectivity index (χ3v) is 3.77. The van der Waals surface area contributed by atoms with Crippen LogP contribution >= 0.6 is 35.6 Å². The van der Waals surface area contributed by atoms with Crippen LogP contribution in [0.15, 0.2) is 18.2 Å². The SMILES string of the molecule is Cl.OC(COc1ccc(Cl)cc1Cl)CN1CCCCC1. The molecule has 1 N–H and O–H groups in total. The monoisotopic (exact) mass is 339 g/mol. The molecule has 3 nitrogen and oxygen atoms in total. The van der Waals surface area contributed by atoms with E-state index in [0.29, 0.717) is 22.3 Å². The zero-order chi connectivity index (χ0) is 13.7. The molecule has 0 aliphatic carbocycles. The molecule has 20 heavy (non-hydrogen) atoms. The van der Waals surface area contributed by atoms with Gasteiger partial charge in [-0.25, -0.2) is 0 Å². The molecule has 0 saturated carbocycles. The van der Waals surface area contributed by atoms with Crippen LogP contribution in [0.4, 0.5) is 0 Å². The van der Waals surface area contributed by atoms with Crippen molar-refractivity contribution in [3.8, 4) is 5.75 Å². The van der Waals surface area contributed by atoms with E-state index in [1.54, 1.807) is 18.2 Å². The van der Waals surface area contributed by atoms with Gasteiger partial charge in [0.25, 0.3) is 0 Å². The Kier molecular flexibility index (Phi) is 8.00. The van der Waals surface area contributed by atoms with Gasteiger partial charge in [0.05, 0.1) is 5.02 Å². The van der Waals surface area contributed by atoms with Crippen LogP contribution in [-0.4, -0.2) is 42.4 Å². The summed E-state index contributed by atoms with van der Waals surface area (Å²) in [6, 6.07) is 5.08. The van der Waals surface area contributed by atoms with Crippen LogP contribution in [0.25, 0.3) is 0 Å². The Balaban J connectivity index is 0.00000200. The molecule has 114 valence electrons. The minimum Gasteiger partial charge on any atom is -0.489 e. The Morgan fingerprint density at radius 1 is 1.20 bits per heavy atom. The van der Waals surface area contributed by atoms with Gasteiger partial charge in [-0.2, -0.15) is 0 Å². The molecule has 1 unspecified atom stereocenters. The lowest BCUT2D eigenvalue weighted by Crippen LogP contribution is -2.38. The molecule has 0 radical (unpaired) electrons. The Morgan fingerprint density at radius 2 is 1.90 bits per heavy atom. The maximum Gasteiger partial charge on any atom is 0.138 e. The van der Waals surface area contributed by atoms with E-state index >= 15 is 0 Å². The molecule has 1 aliphatic rings. The van der Waals surface area contributed by atoms with Crippen molar-refractivity contribution in [3.63, 3.8) is 0 Å². The van der Waals surface area contributed by atoms with Crippen molar-refractivity contribution in [3.05, 3.63) is 28.2 Å². The number of hydrogen-bond donors (Lipinski definition) is 1. The van der Waals surface area contributed by atoms with Crippen LogP contribution in [0.5, 0.6) is 5.75 Å². The van der Waals surface area contributed by atoms with Gasteiger partial charge in [0.15, 0.2) is 0 Å². The van der Waals surface area contributed by atoms with Crippen molar-refractivity contribution >= 4 is 35.6 Å². The average molecular weight is 341 g/mol. The summed E-state index contributed by atoms with van der Waals surface area (Å²) in [5, 5.41) is 11.0. The summed E-state index contributed by atoms with van der Waals surface area (Å²) in [6.07, 6.45) is 3.24. The quantitative estimate of drug-likeness (QED) is 0.888. The van der Waals surface area contributed by atoms with Crippen molar-refractivity contribution in [1.82, 2.24) is 4.90 Å². The lowest BCUT2D eigenvalue weighted by Gasteiger charge is -2.28. The largest absolute Gasteiger partial charge is 0.489 e. The topological polar surface area (TPSA) is 32.7 Å². The number of halogens is 3. The summed E-state index contributed by atoms with van der Waals surface area (Å²) >= 11 is 11.8. The first kappa shape index (κ1) is 17.9. The van der Waals surface area contributed by atoms with Gasteiger partial charge < -0.3 is 14.7 Å². The molecular formula is C14H20Cl3NO2. The fourth-order valence-electron chi connectivity index (χ4n) is 2.27. The van der Waals surface area contributed by atoms with Gasteiger partial charge in [-0.15, -0.1) is 12.4 Å².